The van der Waals surface area contributed by atoms with E-state index in [1.165, 1.54) is 23.4 Å². The van der Waals surface area contributed by atoms with Crippen LogP contribution in [0, 0.1) is 5.41 Å². The number of nitrogen functional groups attached to an aromatic ring is 1. The summed E-state index contributed by atoms with van der Waals surface area (Å²) in [4.78, 5) is 11.9. The number of imidazole rings is 1. The summed E-state index contributed by atoms with van der Waals surface area (Å²) in [5.41, 5.74) is 5.65. The molecule has 0 radical (unpaired) electrons. The lowest BCUT2D eigenvalue weighted by Gasteiger charge is -2.04. The van der Waals surface area contributed by atoms with Crippen molar-refractivity contribution >= 4 is 23.2 Å². The number of alkyl halides is 1. The molecule has 8 heteroatoms. The summed E-state index contributed by atoms with van der Waals surface area (Å²) in [5, 5.41) is 18.3. The molecule has 1 atom stereocenters. The van der Waals surface area contributed by atoms with E-state index in [1.807, 2.05) is 0 Å². The zero-order valence-electron chi connectivity index (χ0n) is 9.86. The van der Waals surface area contributed by atoms with Crippen LogP contribution in [0.25, 0.3) is 17.4 Å². The number of nitrogens with two attached hydrogens (primary N) is 1. The van der Waals surface area contributed by atoms with E-state index in [-0.39, 0.29) is 5.82 Å². The van der Waals surface area contributed by atoms with Gasteiger partial charge in [-0.05, 0) is 5.57 Å². The van der Waals surface area contributed by atoms with E-state index < -0.39 is 24.8 Å². The molecule has 4 N–H and O–H groups in total. The van der Waals surface area contributed by atoms with Crippen molar-refractivity contribution in [2.24, 2.45) is 5.41 Å². The van der Waals surface area contributed by atoms with Crippen molar-refractivity contribution in [2.75, 3.05) is 18.9 Å². The summed E-state index contributed by atoms with van der Waals surface area (Å²) in [6.45, 7) is -0.888. The number of aromatic nitrogens is 4. The number of fused-ring (bicyclic) bond motifs is 1. The van der Waals surface area contributed by atoms with Crippen LogP contribution >= 0.6 is 0 Å². The average molecular weight is 265 g/mol. The molecular formula is C11H12FN5O2. The van der Waals surface area contributed by atoms with Crippen molar-refractivity contribution < 1.29 is 14.6 Å². The van der Waals surface area contributed by atoms with Crippen molar-refractivity contribution in [3.63, 3.8) is 0 Å². The highest BCUT2D eigenvalue weighted by Crippen LogP contribution is 2.54. The first kappa shape index (κ1) is 12.0. The maximum absolute atomic E-state index is 13.7. The molecule has 19 heavy (non-hydrogen) atoms. The highest BCUT2D eigenvalue weighted by molar-refractivity contribution is 5.82. The van der Waals surface area contributed by atoms with Crippen molar-refractivity contribution in [1.29, 1.82) is 0 Å². The van der Waals surface area contributed by atoms with E-state index in [0.29, 0.717) is 16.7 Å². The Morgan fingerprint density at radius 2 is 2.11 bits per heavy atom. The number of hydrogen-bond acceptors (Lipinski definition) is 6. The summed E-state index contributed by atoms with van der Waals surface area (Å²) in [7, 11) is 0. The van der Waals surface area contributed by atoms with Gasteiger partial charge in [0.2, 0.25) is 0 Å². The first-order valence-corrected chi connectivity index (χ1v) is 5.65. The van der Waals surface area contributed by atoms with Gasteiger partial charge in [0.15, 0.2) is 17.0 Å². The third kappa shape index (κ3) is 1.53. The van der Waals surface area contributed by atoms with Gasteiger partial charge in [0.25, 0.3) is 0 Å². The number of nitrogens with zero attached hydrogens (tertiary/aromatic N) is 4. The Balaban J connectivity index is 2.06. The van der Waals surface area contributed by atoms with E-state index in [9.17, 15) is 14.6 Å². The fourth-order valence-corrected chi connectivity index (χ4v) is 2.10. The van der Waals surface area contributed by atoms with Crippen LogP contribution in [0.5, 0.6) is 0 Å². The summed E-state index contributed by atoms with van der Waals surface area (Å²) < 4.78 is 15.2. The fourth-order valence-electron chi connectivity index (χ4n) is 2.10. The van der Waals surface area contributed by atoms with Gasteiger partial charge >= 0.3 is 0 Å². The van der Waals surface area contributed by atoms with Gasteiger partial charge in [0.1, 0.15) is 18.8 Å². The van der Waals surface area contributed by atoms with E-state index in [0.717, 1.165) is 0 Å². The number of anilines is 1. The molecular weight excluding hydrogens is 253 g/mol. The summed E-state index contributed by atoms with van der Waals surface area (Å²) in [6, 6.07) is 0. The minimum Gasteiger partial charge on any atom is -0.395 e. The molecule has 2 aromatic heterocycles. The average Bonchev–Trinajstić information content (AvgIpc) is 2.78. The van der Waals surface area contributed by atoms with E-state index in [2.05, 4.69) is 15.0 Å². The maximum atomic E-state index is 13.7. The molecule has 1 aliphatic carbocycles. The first-order valence-electron chi connectivity index (χ1n) is 5.65. The molecule has 1 fully saturated rings. The summed E-state index contributed by atoms with van der Waals surface area (Å²) >= 11 is 0. The smallest absolute Gasteiger partial charge is 0.169 e. The summed E-state index contributed by atoms with van der Waals surface area (Å²) in [5.74, 6) is 0.241. The minimum atomic E-state index is -1.36. The Kier molecular flexibility index (Phi) is 2.51. The Bertz CT molecular complexity index is 664. The third-order valence-electron chi connectivity index (χ3n) is 3.48. The summed E-state index contributed by atoms with van der Waals surface area (Å²) in [6.07, 6.45) is 2.84. The highest BCUT2D eigenvalue weighted by atomic mass is 19.1. The Hall–Kier alpha value is -2.06. The number of hydrogen-bond donors (Lipinski definition) is 3. The number of aliphatic hydroxyl groups excluding tert-OH is 2. The van der Waals surface area contributed by atoms with Crippen molar-refractivity contribution in [1.82, 2.24) is 19.5 Å². The second-order valence-corrected chi connectivity index (χ2v) is 4.50. The van der Waals surface area contributed by atoms with E-state index in [4.69, 9.17) is 5.73 Å². The second kappa shape index (κ2) is 3.97. The lowest BCUT2D eigenvalue weighted by atomic mass is 10.1. The van der Waals surface area contributed by atoms with Crippen molar-refractivity contribution in [2.45, 2.75) is 6.17 Å². The van der Waals surface area contributed by atoms with Crippen LogP contribution in [0.3, 0.4) is 0 Å². The standard InChI is InChI=1S/C11H12FN5O2/c12-8-6(11(8,2-18)3-19)1-17-5-16-7-9(13)14-4-15-10(7)17/h1,4-5,8,18-19H,2-3H2,(H2,13,14,15)/b6-1+. The Labute approximate surface area is 107 Å². The van der Waals surface area contributed by atoms with Crippen LogP contribution < -0.4 is 5.73 Å². The predicted molar refractivity (Wildman–Crippen MR) is 65.5 cm³/mol. The van der Waals surface area contributed by atoms with Crippen molar-refractivity contribution in [3.8, 4) is 0 Å². The Morgan fingerprint density at radius 3 is 2.74 bits per heavy atom. The van der Waals surface area contributed by atoms with Gasteiger partial charge in [-0.25, -0.2) is 19.3 Å². The fraction of sp³-hybridized carbons (Fsp3) is 0.364. The van der Waals surface area contributed by atoms with Gasteiger partial charge < -0.3 is 15.9 Å². The van der Waals surface area contributed by atoms with Gasteiger partial charge in [-0.3, -0.25) is 4.57 Å². The second-order valence-electron chi connectivity index (χ2n) is 4.50. The quantitative estimate of drug-likeness (QED) is 0.694. The molecule has 2 heterocycles. The number of rotatable bonds is 3. The van der Waals surface area contributed by atoms with Gasteiger partial charge in [0.05, 0.1) is 18.6 Å². The van der Waals surface area contributed by atoms with Gasteiger partial charge in [-0.15, -0.1) is 0 Å². The van der Waals surface area contributed by atoms with Crippen LogP contribution in [0.15, 0.2) is 18.2 Å². The first-order chi connectivity index (χ1) is 9.14. The monoisotopic (exact) mass is 265 g/mol. The topological polar surface area (TPSA) is 110 Å². The van der Waals surface area contributed by atoms with Crippen LogP contribution in [-0.4, -0.2) is 49.1 Å². The molecule has 0 amide bonds. The molecule has 0 aliphatic heterocycles. The molecule has 0 aromatic carbocycles. The van der Waals surface area contributed by atoms with E-state index in [1.54, 1.807) is 0 Å². The molecule has 2 aromatic rings. The number of aliphatic hydroxyl groups is 2. The van der Waals surface area contributed by atoms with Crippen LogP contribution in [-0.2, 0) is 0 Å². The largest absolute Gasteiger partial charge is 0.395 e. The molecule has 3 rings (SSSR count). The lowest BCUT2D eigenvalue weighted by molar-refractivity contribution is 0.118. The minimum absolute atomic E-state index is 0.241. The third-order valence-corrected chi connectivity index (χ3v) is 3.48. The normalized spacial score (nSPS) is 23.1. The van der Waals surface area contributed by atoms with Gasteiger partial charge in [-0.2, -0.15) is 0 Å². The molecule has 0 spiro atoms. The van der Waals surface area contributed by atoms with Gasteiger partial charge in [-0.1, -0.05) is 0 Å². The molecule has 0 bridgehead atoms. The molecule has 7 nitrogen and oxygen atoms in total. The molecule has 1 aliphatic rings. The van der Waals surface area contributed by atoms with Crippen LogP contribution in [0.2, 0.25) is 0 Å². The van der Waals surface area contributed by atoms with Crippen LogP contribution in [0.1, 0.15) is 0 Å². The molecule has 1 saturated carbocycles. The lowest BCUT2D eigenvalue weighted by Crippen LogP contribution is -2.15. The highest BCUT2D eigenvalue weighted by Gasteiger charge is 2.60. The zero-order valence-corrected chi connectivity index (χ0v) is 9.86. The van der Waals surface area contributed by atoms with Crippen molar-refractivity contribution in [3.05, 3.63) is 18.2 Å². The SMILES string of the molecule is Nc1ncnc2c1ncn2/C=C1\C(F)C1(CO)CO. The van der Waals surface area contributed by atoms with Gasteiger partial charge in [0, 0.05) is 6.20 Å². The molecule has 1 unspecified atom stereocenters. The molecule has 0 saturated heterocycles. The predicted octanol–water partition coefficient (Wildman–Crippen LogP) is -0.428. The molecule has 100 valence electrons. The van der Waals surface area contributed by atoms with Crippen LogP contribution in [0.4, 0.5) is 10.2 Å². The number of halogens is 1. The maximum Gasteiger partial charge on any atom is 0.169 e. The zero-order chi connectivity index (χ0) is 13.6. The Morgan fingerprint density at radius 1 is 1.37 bits per heavy atom. The van der Waals surface area contributed by atoms with E-state index >= 15 is 0 Å².